The summed E-state index contributed by atoms with van der Waals surface area (Å²) in [5, 5.41) is 2.69. The second kappa shape index (κ2) is 10.3. The van der Waals surface area contributed by atoms with Crippen LogP contribution < -0.4 is 15.1 Å². The first-order valence-electron chi connectivity index (χ1n) is 14.2. The van der Waals surface area contributed by atoms with Crippen LogP contribution in [0.1, 0.15) is 71.1 Å². The maximum absolute atomic E-state index is 7.40. The van der Waals surface area contributed by atoms with E-state index in [4.69, 9.17) is 18.6 Å². The molecular formula is C33H39NO3Si. The molecule has 0 unspecified atom stereocenters. The predicted molar refractivity (Wildman–Crippen MR) is 156 cm³/mol. The van der Waals surface area contributed by atoms with Crippen molar-refractivity contribution in [3.05, 3.63) is 84.8 Å². The van der Waals surface area contributed by atoms with Crippen LogP contribution in [0.5, 0.6) is 5.75 Å². The lowest BCUT2D eigenvalue weighted by atomic mass is 9.87. The van der Waals surface area contributed by atoms with E-state index in [1.54, 1.807) is 0 Å². The zero-order valence-corrected chi connectivity index (χ0v) is 23.9. The van der Waals surface area contributed by atoms with Crippen molar-refractivity contribution in [2.75, 3.05) is 6.61 Å². The topological polar surface area (TPSA) is 44.5 Å². The first kappa shape index (κ1) is 25.4. The third-order valence-corrected chi connectivity index (χ3v) is 13.4. The Hall–Kier alpha value is -2.89. The molecule has 0 N–H and O–H groups in total. The molecule has 0 radical (unpaired) electrons. The third-order valence-electron chi connectivity index (χ3n) is 8.34. The standard InChI is InChI=1S/C33H39NO3Si/c1-33(2,3)38(28-10-6-4-7-11-28,29-12-8-5-9-13-29)37-26-18-16-25(17-19-26)32-34-30-21-20-27(22-31(30)36-32)35-23-24-14-15-24/h4-13,20-22,24-26H,14-19,23H2,1-3H3. The number of rotatable bonds is 8. The third kappa shape index (κ3) is 5.06. The number of hydrogen-bond donors (Lipinski definition) is 0. The van der Waals surface area contributed by atoms with Gasteiger partial charge in [-0.2, -0.15) is 0 Å². The van der Waals surface area contributed by atoms with E-state index in [9.17, 15) is 0 Å². The van der Waals surface area contributed by atoms with Crippen LogP contribution in [0.2, 0.25) is 5.04 Å². The highest BCUT2D eigenvalue weighted by atomic mass is 28.4. The Morgan fingerprint density at radius 3 is 2.03 bits per heavy atom. The van der Waals surface area contributed by atoms with Gasteiger partial charge in [0.1, 0.15) is 11.3 Å². The minimum atomic E-state index is -2.54. The van der Waals surface area contributed by atoms with E-state index in [-0.39, 0.29) is 11.1 Å². The molecule has 0 saturated heterocycles. The maximum atomic E-state index is 7.40. The summed E-state index contributed by atoms with van der Waals surface area (Å²) in [6.45, 7) is 7.87. The van der Waals surface area contributed by atoms with Gasteiger partial charge in [-0.05, 0) is 72.0 Å². The van der Waals surface area contributed by atoms with Gasteiger partial charge in [-0.25, -0.2) is 4.98 Å². The summed E-state index contributed by atoms with van der Waals surface area (Å²) in [6.07, 6.45) is 6.90. The van der Waals surface area contributed by atoms with Crippen LogP contribution in [0.3, 0.4) is 0 Å². The number of ether oxygens (including phenoxy) is 1. The van der Waals surface area contributed by atoms with Crippen molar-refractivity contribution < 1.29 is 13.6 Å². The second-order valence-corrected chi connectivity index (χ2v) is 16.4. The zero-order valence-electron chi connectivity index (χ0n) is 22.9. The summed E-state index contributed by atoms with van der Waals surface area (Å²) in [5.74, 6) is 2.81. The van der Waals surface area contributed by atoms with E-state index in [1.165, 1.54) is 23.2 Å². The molecule has 0 atom stereocenters. The lowest BCUT2D eigenvalue weighted by Gasteiger charge is -2.46. The normalized spacial score (nSPS) is 20.5. The van der Waals surface area contributed by atoms with Crippen LogP contribution in [0, 0.1) is 5.92 Å². The summed E-state index contributed by atoms with van der Waals surface area (Å²) in [7, 11) is -2.54. The summed E-state index contributed by atoms with van der Waals surface area (Å²) in [5.41, 5.74) is 1.75. The van der Waals surface area contributed by atoms with E-state index >= 15 is 0 Å². The molecule has 4 nitrogen and oxygen atoms in total. The Bertz CT molecular complexity index is 1310. The molecule has 2 saturated carbocycles. The van der Waals surface area contributed by atoms with Crippen LogP contribution in [-0.4, -0.2) is 26.0 Å². The van der Waals surface area contributed by atoms with E-state index in [0.29, 0.717) is 5.92 Å². The first-order chi connectivity index (χ1) is 18.4. The van der Waals surface area contributed by atoms with E-state index in [2.05, 4.69) is 81.4 Å². The Kier molecular flexibility index (Phi) is 6.91. The lowest BCUT2D eigenvalue weighted by molar-refractivity contribution is 0.131. The molecule has 0 spiro atoms. The highest BCUT2D eigenvalue weighted by Crippen LogP contribution is 2.41. The molecule has 38 heavy (non-hydrogen) atoms. The molecule has 1 aromatic heterocycles. The molecule has 0 bridgehead atoms. The minimum Gasteiger partial charge on any atom is -0.493 e. The Labute approximate surface area is 227 Å². The molecule has 2 fully saturated rings. The zero-order chi connectivity index (χ0) is 26.2. The first-order valence-corrected chi connectivity index (χ1v) is 16.2. The van der Waals surface area contributed by atoms with Crippen molar-refractivity contribution in [2.45, 2.75) is 76.4 Å². The Morgan fingerprint density at radius 2 is 1.45 bits per heavy atom. The summed E-state index contributed by atoms with van der Waals surface area (Å²) in [4.78, 5) is 4.86. The molecule has 0 amide bonds. The smallest absolute Gasteiger partial charge is 0.261 e. The van der Waals surface area contributed by atoms with Crippen LogP contribution in [0.4, 0.5) is 0 Å². The largest absolute Gasteiger partial charge is 0.493 e. The fraction of sp³-hybridized carbons (Fsp3) is 0.424. The highest BCUT2D eigenvalue weighted by molar-refractivity contribution is 6.99. The van der Waals surface area contributed by atoms with E-state index in [0.717, 1.165) is 60.9 Å². The van der Waals surface area contributed by atoms with Crippen molar-refractivity contribution in [2.24, 2.45) is 5.92 Å². The van der Waals surface area contributed by atoms with Crippen molar-refractivity contribution in [1.29, 1.82) is 0 Å². The number of aromatic nitrogens is 1. The fourth-order valence-corrected chi connectivity index (χ4v) is 10.8. The van der Waals surface area contributed by atoms with Gasteiger partial charge >= 0.3 is 0 Å². The molecule has 3 aromatic carbocycles. The Morgan fingerprint density at radius 1 is 0.816 bits per heavy atom. The molecule has 5 heteroatoms. The number of hydrogen-bond acceptors (Lipinski definition) is 4. The van der Waals surface area contributed by atoms with Gasteiger partial charge in [-0.1, -0.05) is 81.4 Å². The van der Waals surface area contributed by atoms with Gasteiger partial charge in [-0.3, -0.25) is 0 Å². The Balaban J connectivity index is 1.20. The quantitative estimate of drug-likeness (QED) is 0.228. The van der Waals surface area contributed by atoms with Gasteiger partial charge in [0.15, 0.2) is 11.5 Å². The summed E-state index contributed by atoms with van der Waals surface area (Å²) >= 11 is 0. The summed E-state index contributed by atoms with van der Waals surface area (Å²) < 4.78 is 19.6. The van der Waals surface area contributed by atoms with Gasteiger partial charge < -0.3 is 13.6 Å². The van der Waals surface area contributed by atoms with Crippen molar-refractivity contribution in [3.8, 4) is 5.75 Å². The monoisotopic (exact) mass is 525 g/mol. The lowest BCUT2D eigenvalue weighted by Crippen LogP contribution is -2.67. The number of oxazole rings is 1. The van der Waals surface area contributed by atoms with Crippen molar-refractivity contribution in [3.63, 3.8) is 0 Å². The fourth-order valence-electron chi connectivity index (χ4n) is 6.05. The van der Waals surface area contributed by atoms with Gasteiger partial charge in [-0.15, -0.1) is 0 Å². The van der Waals surface area contributed by atoms with Crippen molar-refractivity contribution >= 4 is 29.8 Å². The average Bonchev–Trinajstić information content (AvgIpc) is 3.67. The van der Waals surface area contributed by atoms with E-state index in [1.807, 2.05) is 18.2 Å². The van der Waals surface area contributed by atoms with Crippen molar-refractivity contribution in [1.82, 2.24) is 4.98 Å². The molecule has 198 valence electrons. The molecule has 0 aliphatic heterocycles. The molecule has 2 aliphatic rings. The van der Waals surface area contributed by atoms with E-state index < -0.39 is 8.32 Å². The van der Waals surface area contributed by atoms with Gasteiger partial charge in [0.25, 0.3) is 8.32 Å². The molecule has 4 aromatic rings. The van der Waals surface area contributed by atoms with Crippen LogP contribution in [0.25, 0.3) is 11.1 Å². The van der Waals surface area contributed by atoms with Crippen LogP contribution in [-0.2, 0) is 4.43 Å². The molecular weight excluding hydrogens is 486 g/mol. The predicted octanol–water partition coefficient (Wildman–Crippen LogP) is 7.22. The minimum absolute atomic E-state index is 0.00781. The highest BCUT2D eigenvalue weighted by Gasteiger charge is 2.51. The van der Waals surface area contributed by atoms with Gasteiger partial charge in [0, 0.05) is 18.1 Å². The van der Waals surface area contributed by atoms with Crippen LogP contribution in [0.15, 0.2) is 83.3 Å². The number of benzene rings is 3. The molecule has 6 rings (SSSR count). The molecule has 1 heterocycles. The second-order valence-electron chi connectivity index (χ2n) is 12.2. The van der Waals surface area contributed by atoms with Gasteiger partial charge in [0.05, 0.1) is 6.61 Å². The number of fused-ring (bicyclic) bond motifs is 1. The molecule has 2 aliphatic carbocycles. The van der Waals surface area contributed by atoms with Crippen LogP contribution >= 0.6 is 0 Å². The summed E-state index contributed by atoms with van der Waals surface area (Å²) in [6, 6.07) is 28.0. The average molecular weight is 526 g/mol. The van der Waals surface area contributed by atoms with Gasteiger partial charge in [0.2, 0.25) is 0 Å². The maximum Gasteiger partial charge on any atom is 0.261 e. The number of nitrogens with zero attached hydrogens (tertiary/aromatic N) is 1. The SMILES string of the molecule is CC(C)(C)[Si](OC1CCC(c2nc3ccc(OCC4CC4)cc3o2)CC1)(c1ccccc1)c1ccccc1.